The molecule has 8 nitrogen and oxygen atoms in total. The molecule has 0 saturated heterocycles. The average Bonchev–Trinajstić information content (AvgIpc) is 2.69. The Morgan fingerprint density at radius 2 is 2.33 bits per heavy atom. The largest absolute Gasteiger partial charge is 0.480 e. The van der Waals surface area contributed by atoms with Crippen molar-refractivity contribution in [1.29, 1.82) is 0 Å². The third-order valence-corrected chi connectivity index (χ3v) is 2.11. The van der Waals surface area contributed by atoms with Crippen molar-refractivity contribution in [2.45, 2.75) is 6.54 Å². The topological polar surface area (TPSA) is 96.5 Å². The van der Waals surface area contributed by atoms with E-state index in [-0.39, 0.29) is 6.54 Å². The van der Waals surface area contributed by atoms with Crippen molar-refractivity contribution >= 4 is 29.2 Å². The van der Waals surface area contributed by atoms with Crippen molar-refractivity contribution in [1.82, 2.24) is 24.6 Å². The summed E-state index contributed by atoms with van der Waals surface area (Å²) in [5.74, 6) is -0.512. The minimum atomic E-state index is -0.975. The van der Waals surface area contributed by atoms with E-state index in [1.807, 2.05) is 14.1 Å². The highest BCUT2D eigenvalue weighted by atomic mass is 16.4. The molecule has 0 fully saturated rings. The molecule has 0 aliphatic carbocycles. The maximum absolute atomic E-state index is 10.7. The predicted octanol–water partition coefficient (Wildman–Crippen LogP) is 0.132. The normalized spacial score (nSPS) is 11.2. The van der Waals surface area contributed by atoms with Crippen LogP contribution in [0.4, 0.5) is 5.82 Å². The van der Waals surface area contributed by atoms with Gasteiger partial charge in [-0.05, 0) is 0 Å². The lowest BCUT2D eigenvalue weighted by Crippen LogP contribution is -2.10. The molecule has 8 heteroatoms. The van der Waals surface area contributed by atoms with Crippen LogP contribution in [0, 0.1) is 0 Å². The monoisotopic (exact) mass is 248 g/mol. The quantitative estimate of drug-likeness (QED) is 0.610. The summed E-state index contributed by atoms with van der Waals surface area (Å²) in [6.45, 7) is -0.239. The van der Waals surface area contributed by atoms with Crippen molar-refractivity contribution < 1.29 is 9.90 Å². The van der Waals surface area contributed by atoms with Gasteiger partial charge in [-0.3, -0.25) is 4.79 Å². The number of aliphatic imine (C=N–C) groups is 1. The van der Waals surface area contributed by atoms with Crippen molar-refractivity contribution in [3.05, 3.63) is 12.5 Å². The number of nitrogens with zero attached hydrogens (tertiary/aromatic N) is 6. The first-order valence-electron chi connectivity index (χ1n) is 5.17. The van der Waals surface area contributed by atoms with Crippen molar-refractivity contribution in [2.75, 3.05) is 14.1 Å². The maximum Gasteiger partial charge on any atom is 0.325 e. The first kappa shape index (κ1) is 12.0. The summed E-state index contributed by atoms with van der Waals surface area (Å²) in [4.78, 5) is 24.7. The van der Waals surface area contributed by atoms with Gasteiger partial charge in [-0.25, -0.2) is 19.6 Å². The van der Waals surface area contributed by atoms with Crippen LogP contribution in [0.25, 0.3) is 11.0 Å². The first-order valence-corrected chi connectivity index (χ1v) is 5.17. The van der Waals surface area contributed by atoms with E-state index in [1.54, 1.807) is 11.2 Å². The van der Waals surface area contributed by atoms with Crippen LogP contribution in [-0.2, 0) is 11.3 Å². The molecule has 0 saturated carbocycles. The number of rotatable bonds is 4. The molecule has 2 aromatic rings. The molecule has 1 N–H and O–H groups in total. The van der Waals surface area contributed by atoms with E-state index >= 15 is 0 Å². The highest BCUT2D eigenvalue weighted by Gasteiger charge is 2.10. The van der Waals surface area contributed by atoms with E-state index in [4.69, 9.17) is 5.11 Å². The third-order valence-electron chi connectivity index (χ3n) is 2.11. The molecule has 0 atom stereocenters. The molecule has 0 amide bonds. The summed E-state index contributed by atoms with van der Waals surface area (Å²) < 4.78 is 1.30. The molecule has 2 aromatic heterocycles. The van der Waals surface area contributed by atoms with Crippen molar-refractivity contribution in [3.8, 4) is 0 Å². The number of fused-ring (bicyclic) bond motifs is 1. The molecule has 0 unspecified atom stereocenters. The lowest BCUT2D eigenvalue weighted by molar-refractivity contribution is -0.137. The van der Waals surface area contributed by atoms with Gasteiger partial charge in [0.1, 0.15) is 12.9 Å². The highest BCUT2D eigenvalue weighted by molar-refractivity contribution is 5.86. The van der Waals surface area contributed by atoms with Crippen LogP contribution in [0.15, 0.2) is 17.5 Å². The second-order valence-corrected chi connectivity index (χ2v) is 3.84. The van der Waals surface area contributed by atoms with Gasteiger partial charge in [0.25, 0.3) is 0 Å². The number of carbonyl (C=O) groups is 1. The van der Waals surface area contributed by atoms with Crippen LogP contribution in [0.5, 0.6) is 0 Å². The minimum absolute atomic E-state index is 0.239. The van der Waals surface area contributed by atoms with Gasteiger partial charge in [-0.15, -0.1) is 0 Å². The second kappa shape index (κ2) is 4.78. The van der Waals surface area contributed by atoms with E-state index in [0.717, 1.165) is 0 Å². The number of aromatic nitrogens is 4. The van der Waals surface area contributed by atoms with Gasteiger partial charge in [0, 0.05) is 14.1 Å². The molecule has 18 heavy (non-hydrogen) atoms. The smallest absolute Gasteiger partial charge is 0.325 e. The van der Waals surface area contributed by atoms with E-state index in [9.17, 15) is 4.79 Å². The Morgan fingerprint density at radius 3 is 3.00 bits per heavy atom. The molecule has 0 aliphatic heterocycles. The molecule has 0 aromatic carbocycles. The molecular formula is C10H12N6O2. The lowest BCUT2D eigenvalue weighted by Gasteiger charge is -2.02. The van der Waals surface area contributed by atoms with Gasteiger partial charge in [0.2, 0.25) is 0 Å². The number of carboxylic acids is 1. The van der Waals surface area contributed by atoms with E-state index in [1.165, 1.54) is 17.2 Å². The van der Waals surface area contributed by atoms with Crippen LogP contribution in [0.2, 0.25) is 0 Å². The van der Waals surface area contributed by atoms with Crippen molar-refractivity contribution in [3.63, 3.8) is 0 Å². The Hall–Kier alpha value is -2.51. The van der Waals surface area contributed by atoms with Gasteiger partial charge in [-0.1, -0.05) is 0 Å². The Morgan fingerprint density at radius 1 is 1.56 bits per heavy atom. The Balaban J connectivity index is 2.45. The average molecular weight is 248 g/mol. The highest BCUT2D eigenvalue weighted by Crippen LogP contribution is 2.20. The van der Waals surface area contributed by atoms with Gasteiger partial charge < -0.3 is 10.0 Å². The van der Waals surface area contributed by atoms with Crippen LogP contribution in [0.1, 0.15) is 0 Å². The summed E-state index contributed by atoms with van der Waals surface area (Å²) >= 11 is 0. The third kappa shape index (κ3) is 2.42. The van der Waals surface area contributed by atoms with Crippen molar-refractivity contribution in [2.24, 2.45) is 4.99 Å². The summed E-state index contributed by atoms with van der Waals surface area (Å²) in [5.41, 5.74) is 0.457. The molecule has 0 aliphatic rings. The summed E-state index contributed by atoms with van der Waals surface area (Å²) in [5, 5.41) is 13.3. The van der Waals surface area contributed by atoms with Crippen LogP contribution >= 0.6 is 0 Å². The second-order valence-electron chi connectivity index (χ2n) is 3.84. The van der Waals surface area contributed by atoms with Gasteiger partial charge in [-0.2, -0.15) is 5.10 Å². The zero-order valence-electron chi connectivity index (χ0n) is 9.98. The Bertz CT molecular complexity index is 603. The van der Waals surface area contributed by atoms with Crippen LogP contribution in [0.3, 0.4) is 0 Å². The number of hydrogen-bond acceptors (Lipinski definition) is 5. The number of aliphatic carboxylic acids is 1. The molecule has 0 radical (unpaired) electrons. The molecule has 0 spiro atoms. The number of hydrogen-bond donors (Lipinski definition) is 1. The summed E-state index contributed by atoms with van der Waals surface area (Å²) in [6.07, 6.45) is 4.46. The fraction of sp³-hybridized carbons (Fsp3) is 0.300. The fourth-order valence-corrected chi connectivity index (χ4v) is 1.40. The summed E-state index contributed by atoms with van der Waals surface area (Å²) in [6, 6.07) is 0. The van der Waals surface area contributed by atoms with E-state index < -0.39 is 5.97 Å². The Labute approximate surface area is 103 Å². The molecule has 2 rings (SSSR count). The zero-order valence-corrected chi connectivity index (χ0v) is 9.98. The first-order chi connectivity index (χ1) is 8.58. The minimum Gasteiger partial charge on any atom is -0.480 e. The van der Waals surface area contributed by atoms with E-state index in [2.05, 4.69) is 20.1 Å². The van der Waals surface area contributed by atoms with Gasteiger partial charge >= 0.3 is 5.97 Å². The summed E-state index contributed by atoms with van der Waals surface area (Å²) in [7, 11) is 3.69. The van der Waals surface area contributed by atoms with Gasteiger partial charge in [0.15, 0.2) is 11.5 Å². The van der Waals surface area contributed by atoms with Crippen LogP contribution < -0.4 is 0 Å². The predicted molar refractivity (Wildman–Crippen MR) is 64.8 cm³/mol. The van der Waals surface area contributed by atoms with E-state index in [0.29, 0.717) is 16.9 Å². The number of carboxylic acid groups (broad SMARTS) is 1. The molecule has 94 valence electrons. The lowest BCUT2D eigenvalue weighted by atomic mass is 10.4. The SMILES string of the molecule is CN(C)C=Nc1ncnc2c1cnn2CC(=O)O. The standard InChI is InChI=1S/C10H12N6O2/c1-15(2)6-13-9-7-3-14-16(4-8(17)18)10(7)12-5-11-9/h3,5-6H,4H2,1-2H3,(H,17,18). The zero-order chi connectivity index (χ0) is 13.1. The fourth-order valence-electron chi connectivity index (χ4n) is 1.40. The maximum atomic E-state index is 10.7. The molecule has 2 heterocycles. The Kier molecular flexibility index (Phi) is 3.18. The van der Waals surface area contributed by atoms with Crippen LogP contribution in [-0.4, -0.2) is 56.2 Å². The molecule has 0 bridgehead atoms. The van der Waals surface area contributed by atoms with Gasteiger partial charge in [0.05, 0.1) is 17.9 Å². The molecular weight excluding hydrogens is 236 g/mol.